The summed E-state index contributed by atoms with van der Waals surface area (Å²) in [5, 5.41) is 9.98. The number of para-hydroxylation sites is 1. The van der Waals surface area contributed by atoms with E-state index < -0.39 is 6.10 Å². The van der Waals surface area contributed by atoms with Crippen molar-refractivity contribution in [2.24, 2.45) is 0 Å². The first-order valence-corrected chi connectivity index (χ1v) is 6.08. The molecule has 0 bridgehead atoms. The largest absolute Gasteiger partial charge is 0.488 e. The molecule has 1 rings (SSSR count). The molecule has 0 heterocycles. The zero-order valence-corrected chi connectivity index (χ0v) is 11.2. The molecule has 0 aliphatic rings. The Labute approximate surface area is 111 Å². The Balaban J connectivity index is 2.55. The van der Waals surface area contributed by atoms with Crippen molar-refractivity contribution in [2.75, 3.05) is 13.2 Å². The van der Waals surface area contributed by atoms with Crippen molar-refractivity contribution in [1.82, 2.24) is 0 Å². The second kappa shape index (κ2) is 7.36. The molecule has 100 valence electrons. The van der Waals surface area contributed by atoms with Gasteiger partial charge in [-0.1, -0.05) is 17.7 Å². The van der Waals surface area contributed by atoms with Crippen LogP contribution >= 0.6 is 11.6 Å². The highest BCUT2D eigenvalue weighted by atomic mass is 35.5. The predicted molar refractivity (Wildman–Crippen MR) is 69.4 cm³/mol. The van der Waals surface area contributed by atoms with Gasteiger partial charge in [-0.05, 0) is 26.0 Å². The highest BCUT2D eigenvalue weighted by molar-refractivity contribution is 6.32. The summed E-state index contributed by atoms with van der Waals surface area (Å²) in [5.74, 6) is 0.290. The summed E-state index contributed by atoms with van der Waals surface area (Å²) in [7, 11) is 0. The molecule has 18 heavy (non-hydrogen) atoms. The third-order valence-corrected chi connectivity index (χ3v) is 2.46. The molecule has 1 N–H and O–H groups in total. The molecular weight excluding hydrogens is 256 g/mol. The lowest BCUT2D eigenvalue weighted by atomic mass is 10.2. The number of halogens is 1. The van der Waals surface area contributed by atoms with Crippen molar-refractivity contribution in [2.45, 2.75) is 26.1 Å². The van der Waals surface area contributed by atoms with Crippen LogP contribution in [0.4, 0.5) is 0 Å². The number of carbonyl (C=O) groups excluding carboxylic acids is 1. The summed E-state index contributed by atoms with van der Waals surface area (Å²) in [6, 6.07) is 4.89. The van der Waals surface area contributed by atoms with E-state index in [2.05, 4.69) is 0 Å². The van der Waals surface area contributed by atoms with Crippen LogP contribution in [0.3, 0.4) is 0 Å². The minimum absolute atomic E-state index is 0.0251. The van der Waals surface area contributed by atoms with E-state index >= 15 is 0 Å². The van der Waals surface area contributed by atoms with Crippen LogP contribution in [0.15, 0.2) is 18.2 Å². The molecule has 1 atom stereocenters. The van der Waals surface area contributed by atoms with Gasteiger partial charge in [0.15, 0.2) is 6.29 Å². The molecule has 1 unspecified atom stereocenters. The van der Waals surface area contributed by atoms with Crippen LogP contribution in [-0.4, -0.2) is 36.8 Å². The molecule has 0 spiro atoms. The van der Waals surface area contributed by atoms with Crippen molar-refractivity contribution in [3.05, 3.63) is 28.8 Å². The molecule has 0 radical (unpaired) electrons. The molecule has 0 aliphatic heterocycles. The molecule has 0 aliphatic carbocycles. The van der Waals surface area contributed by atoms with Gasteiger partial charge in [-0.15, -0.1) is 0 Å². The summed E-state index contributed by atoms with van der Waals surface area (Å²) in [6.07, 6.45) is -0.0493. The molecule has 0 fully saturated rings. The fourth-order valence-electron chi connectivity index (χ4n) is 1.30. The standard InChI is InChI=1S/C13H17ClO4/c1-9(2)17-7-11(16)8-18-13-10(6-15)4-3-5-12(13)14/h3-6,9,11,16H,7-8H2,1-2H3. The van der Waals surface area contributed by atoms with Crippen LogP contribution in [0.2, 0.25) is 5.02 Å². The topological polar surface area (TPSA) is 55.8 Å². The Morgan fingerprint density at radius 3 is 2.72 bits per heavy atom. The summed E-state index contributed by atoms with van der Waals surface area (Å²) < 4.78 is 10.6. The fourth-order valence-corrected chi connectivity index (χ4v) is 1.54. The van der Waals surface area contributed by atoms with Gasteiger partial charge >= 0.3 is 0 Å². The van der Waals surface area contributed by atoms with E-state index in [0.29, 0.717) is 16.9 Å². The number of aliphatic hydroxyl groups is 1. The number of hydrogen-bond acceptors (Lipinski definition) is 4. The summed E-state index contributed by atoms with van der Waals surface area (Å²) in [4.78, 5) is 10.8. The van der Waals surface area contributed by atoms with E-state index in [1.165, 1.54) is 0 Å². The number of rotatable bonds is 7. The summed E-state index contributed by atoms with van der Waals surface area (Å²) in [5.41, 5.74) is 0.361. The van der Waals surface area contributed by atoms with E-state index in [1.54, 1.807) is 18.2 Å². The lowest BCUT2D eigenvalue weighted by Gasteiger charge is -2.15. The molecular formula is C13H17ClO4. The Morgan fingerprint density at radius 1 is 1.39 bits per heavy atom. The van der Waals surface area contributed by atoms with E-state index in [9.17, 15) is 9.90 Å². The monoisotopic (exact) mass is 272 g/mol. The summed E-state index contributed by atoms with van der Waals surface area (Å²) >= 11 is 5.92. The molecule has 0 amide bonds. The normalized spacial score (nSPS) is 12.5. The average molecular weight is 273 g/mol. The Morgan fingerprint density at radius 2 is 2.11 bits per heavy atom. The second-order valence-electron chi connectivity index (χ2n) is 4.12. The highest BCUT2D eigenvalue weighted by Crippen LogP contribution is 2.27. The molecule has 5 heteroatoms. The molecule has 4 nitrogen and oxygen atoms in total. The molecule has 0 saturated heterocycles. The SMILES string of the molecule is CC(C)OCC(O)COc1c(Cl)cccc1C=O. The molecule has 1 aromatic rings. The van der Waals surface area contributed by atoms with Gasteiger partial charge in [0.25, 0.3) is 0 Å². The lowest BCUT2D eigenvalue weighted by Crippen LogP contribution is -2.25. The maximum absolute atomic E-state index is 10.8. The van der Waals surface area contributed by atoms with Crippen LogP contribution in [0, 0.1) is 0 Å². The van der Waals surface area contributed by atoms with Crippen LogP contribution in [0.5, 0.6) is 5.75 Å². The van der Waals surface area contributed by atoms with Gasteiger partial charge in [0.05, 0.1) is 23.3 Å². The Hall–Kier alpha value is -1.10. The number of aldehydes is 1. The van der Waals surface area contributed by atoms with Crippen LogP contribution in [-0.2, 0) is 4.74 Å². The van der Waals surface area contributed by atoms with E-state index in [0.717, 1.165) is 0 Å². The number of ether oxygens (including phenoxy) is 2. The molecule has 0 aromatic heterocycles. The smallest absolute Gasteiger partial charge is 0.153 e. The van der Waals surface area contributed by atoms with Gasteiger partial charge in [0, 0.05) is 0 Å². The number of benzene rings is 1. The fraction of sp³-hybridized carbons (Fsp3) is 0.462. The quantitative estimate of drug-likeness (QED) is 0.774. The zero-order chi connectivity index (χ0) is 13.5. The number of carbonyl (C=O) groups is 1. The van der Waals surface area contributed by atoms with Crippen LogP contribution in [0.25, 0.3) is 0 Å². The second-order valence-corrected chi connectivity index (χ2v) is 4.53. The van der Waals surface area contributed by atoms with Crippen LogP contribution in [0.1, 0.15) is 24.2 Å². The average Bonchev–Trinajstić information content (AvgIpc) is 2.34. The third kappa shape index (κ3) is 4.64. The maximum Gasteiger partial charge on any atom is 0.153 e. The molecule has 1 aromatic carbocycles. The van der Waals surface area contributed by atoms with Gasteiger partial charge in [-0.3, -0.25) is 4.79 Å². The van der Waals surface area contributed by atoms with Crippen LogP contribution < -0.4 is 4.74 Å². The first-order chi connectivity index (χ1) is 8.54. The number of aliphatic hydroxyl groups excluding tert-OH is 1. The maximum atomic E-state index is 10.8. The first-order valence-electron chi connectivity index (χ1n) is 5.70. The minimum Gasteiger partial charge on any atom is -0.488 e. The van der Waals surface area contributed by atoms with E-state index in [1.807, 2.05) is 13.8 Å². The van der Waals surface area contributed by atoms with E-state index in [4.69, 9.17) is 21.1 Å². The first kappa shape index (κ1) is 15.0. The number of hydrogen-bond donors (Lipinski definition) is 1. The van der Waals surface area contributed by atoms with Crippen molar-refractivity contribution in [3.63, 3.8) is 0 Å². The van der Waals surface area contributed by atoms with Gasteiger partial charge in [-0.2, -0.15) is 0 Å². The highest BCUT2D eigenvalue weighted by Gasteiger charge is 2.11. The van der Waals surface area contributed by atoms with Crippen molar-refractivity contribution in [3.8, 4) is 5.75 Å². The Bertz CT molecular complexity index is 393. The van der Waals surface area contributed by atoms with Gasteiger partial charge in [-0.25, -0.2) is 0 Å². The van der Waals surface area contributed by atoms with E-state index in [-0.39, 0.29) is 25.1 Å². The molecule has 0 saturated carbocycles. The van der Waals surface area contributed by atoms with Crippen molar-refractivity contribution in [1.29, 1.82) is 0 Å². The predicted octanol–water partition coefficient (Wildman–Crippen LogP) is 2.32. The van der Waals surface area contributed by atoms with Gasteiger partial charge in [0.2, 0.25) is 0 Å². The summed E-state index contributed by atoms with van der Waals surface area (Å²) in [6.45, 7) is 3.97. The Kier molecular flexibility index (Phi) is 6.12. The van der Waals surface area contributed by atoms with Crippen molar-refractivity contribution < 1.29 is 19.4 Å². The van der Waals surface area contributed by atoms with Crippen molar-refractivity contribution >= 4 is 17.9 Å². The zero-order valence-electron chi connectivity index (χ0n) is 10.4. The van der Waals surface area contributed by atoms with Gasteiger partial charge in [0.1, 0.15) is 18.5 Å². The third-order valence-electron chi connectivity index (χ3n) is 2.17. The minimum atomic E-state index is -0.761. The van der Waals surface area contributed by atoms with Gasteiger partial charge < -0.3 is 14.6 Å². The lowest BCUT2D eigenvalue weighted by molar-refractivity contribution is -0.0123.